The van der Waals surface area contributed by atoms with Crippen LogP contribution in [-0.4, -0.2) is 27.5 Å². The van der Waals surface area contributed by atoms with E-state index in [-0.39, 0.29) is 5.91 Å². The maximum atomic E-state index is 12.5. The molecule has 5 nitrogen and oxygen atoms in total. The first-order chi connectivity index (χ1) is 9.22. The van der Waals surface area contributed by atoms with Gasteiger partial charge in [0.05, 0.1) is 12.2 Å². The molecule has 0 radical (unpaired) electrons. The zero-order valence-corrected chi connectivity index (χ0v) is 11.9. The lowest BCUT2D eigenvalue weighted by Crippen LogP contribution is -2.31. The Hall–Kier alpha value is -1.69. The van der Waals surface area contributed by atoms with Crippen molar-refractivity contribution >= 4 is 17.2 Å². The van der Waals surface area contributed by atoms with Gasteiger partial charge in [-0.25, -0.2) is 4.98 Å². The van der Waals surface area contributed by atoms with Gasteiger partial charge in [0.1, 0.15) is 16.8 Å². The van der Waals surface area contributed by atoms with Crippen molar-refractivity contribution in [3.63, 3.8) is 0 Å². The molecule has 0 aromatic carbocycles. The summed E-state index contributed by atoms with van der Waals surface area (Å²) in [5.74, 6) is -0.0394. The van der Waals surface area contributed by atoms with E-state index in [1.807, 2.05) is 10.3 Å². The lowest BCUT2D eigenvalue weighted by molar-refractivity contribution is 0.0739. The minimum atomic E-state index is -0.0394. The summed E-state index contributed by atoms with van der Waals surface area (Å²) in [5, 5.41) is 6.62. The number of thiazole rings is 1. The van der Waals surface area contributed by atoms with E-state index in [0.717, 1.165) is 24.4 Å². The SMILES string of the molecule is CCCCN(Cc1nccs1)C(=O)c1conc1C. The molecular weight excluding hydrogens is 262 g/mol. The number of unbranched alkanes of at least 4 members (excludes halogenated alkanes) is 1. The number of hydrogen-bond donors (Lipinski definition) is 0. The molecule has 0 spiro atoms. The predicted octanol–water partition coefficient (Wildman–Crippen LogP) is 2.88. The van der Waals surface area contributed by atoms with E-state index in [4.69, 9.17) is 4.52 Å². The summed E-state index contributed by atoms with van der Waals surface area (Å²) in [6.07, 6.45) is 5.19. The summed E-state index contributed by atoms with van der Waals surface area (Å²) >= 11 is 1.56. The van der Waals surface area contributed by atoms with Crippen LogP contribution in [0.1, 0.15) is 40.8 Å². The molecule has 0 aliphatic carbocycles. The lowest BCUT2D eigenvalue weighted by atomic mass is 10.2. The minimum Gasteiger partial charge on any atom is -0.364 e. The fourth-order valence-electron chi connectivity index (χ4n) is 1.76. The van der Waals surface area contributed by atoms with Crippen molar-refractivity contribution in [2.75, 3.05) is 6.54 Å². The number of nitrogens with zero attached hydrogens (tertiary/aromatic N) is 3. The Labute approximate surface area is 116 Å². The van der Waals surface area contributed by atoms with Crippen LogP contribution in [0, 0.1) is 6.92 Å². The minimum absolute atomic E-state index is 0.0394. The van der Waals surface area contributed by atoms with Gasteiger partial charge in [0.15, 0.2) is 0 Å². The normalized spacial score (nSPS) is 10.6. The molecule has 0 atom stereocenters. The van der Waals surface area contributed by atoms with Crippen molar-refractivity contribution in [1.29, 1.82) is 0 Å². The molecule has 0 saturated heterocycles. The second-order valence-corrected chi connectivity index (χ2v) is 5.30. The van der Waals surface area contributed by atoms with Gasteiger partial charge in [-0.1, -0.05) is 18.5 Å². The number of amides is 1. The zero-order valence-electron chi connectivity index (χ0n) is 11.1. The molecule has 0 fully saturated rings. The first-order valence-electron chi connectivity index (χ1n) is 6.31. The van der Waals surface area contributed by atoms with Crippen LogP contribution in [0.3, 0.4) is 0 Å². The topological polar surface area (TPSA) is 59.2 Å². The Balaban J connectivity index is 2.12. The average Bonchev–Trinajstić information content (AvgIpc) is 3.05. The van der Waals surface area contributed by atoms with Crippen molar-refractivity contribution in [2.24, 2.45) is 0 Å². The van der Waals surface area contributed by atoms with E-state index in [0.29, 0.717) is 17.8 Å². The number of hydrogen-bond acceptors (Lipinski definition) is 5. The number of aromatic nitrogens is 2. The van der Waals surface area contributed by atoms with Gasteiger partial charge in [0.25, 0.3) is 5.91 Å². The first kappa shape index (κ1) is 13.7. The second-order valence-electron chi connectivity index (χ2n) is 4.32. The average molecular weight is 279 g/mol. The molecule has 102 valence electrons. The van der Waals surface area contributed by atoms with Crippen molar-refractivity contribution in [1.82, 2.24) is 15.0 Å². The van der Waals surface area contributed by atoms with Gasteiger partial charge in [0.2, 0.25) is 0 Å². The fraction of sp³-hybridized carbons (Fsp3) is 0.462. The molecule has 0 aliphatic rings. The number of carbonyl (C=O) groups is 1. The van der Waals surface area contributed by atoms with Crippen LogP contribution >= 0.6 is 11.3 Å². The molecule has 0 saturated carbocycles. The molecule has 2 aromatic rings. The van der Waals surface area contributed by atoms with Crippen LogP contribution in [0.2, 0.25) is 0 Å². The molecule has 19 heavy (non-hydrogen) atoms. The van der Waals surface area contributed by atoms with E-state index < -0.39 is 0 Å². The summed E-state index contributed by atoms with van der Waals surface area (Å²) in [6, 6.07) is 0. The Kier molecular flexibility index (Phi) is 4.68. The molecular formula is C13H17N3O2S. The third-order valence-corrected chi connectivity index (χ3v) is 3.62. The van der Waals surface area contributed by atoms with Crippen LogP contribution in [0.15, 0.2) is 22.4 Å². The summed E-state index contributed by atoms with van der Waals surface area (Å²) in [5.41, 5.74) is 1.17. The largest absolute Gasteiger partial charge is 0.364 e. The Bertz CT molecular complexity index is 522. The molecule has 2 aromatic heterocycles. The highest BCUT2D eigenvalue weighted by molar-refractivity contribution is 7.09. The van der Waals surface area contributed by atoms with Gasteiger partial charge < -0.3 is 9.42 Å². The maximum Gasteiger partial charge on any atom is 0.259 e. The summed E-state index contributed by atoms with van der Waals surface area (Å²) < 4.78 is 4.85. The fourth-order valence-corrected chi connectivity index (χ4v) is 2.39. The van der Waals surface area contributed by atoms with Gasteiger partial charge in [-0.2, -0.15) is 0 Å². The highest BCUT2D eigenvalue weighted by atomic mass is 32.1. The third-order valence-electron chi connectivity index (χ3n) is 2.86. The van der Waals surface area contributed by atoms with Gasteiger partial charge in [-0.3, -0.25) is 4.79 Å². The van der Waals surface area contributed by atoms with Crippen LogP contribution in [0.25, 0.3) is 0 Å². The van der Waals surface area contributed by atoms with E-state index in [2.05, 4.69) is 17.1 Å². The van der Waals surface area contributed by atoms with Crippen LogP contribution in [-0.2, 0) is 6.54 Å². The predicted molar refractivity (Wildman–Crippen MR) is 73.0 cm³/mol. The highest BCUT2D eigenvalue weighted by Crippen LogP contribution is 2.14. The Morgan fingerprint density at radius 1 is 1.53 bits per heavy atom. The molecule has 0 aliphatic heterocycles. The second kappa shape index (κ2) is 6.47. The smallest absolute Gasteiger partial charge is 0.259 e. The van der Waals surface area contributed by atoms with Crippen LogP contribution < -0.4 is 0 Å². The van der Waals surface area contributed by atoms with Crippen molar-refractivity contribution in [3.8, 4) is 0 Å². The van der Waals surface area contributed by atoms with E-state index in [1.54, 1.807) is 24.5 Å². The lowest BCUT2D eigenvalue weighted by Gasteiger charge is -2.20. The maximum absolute atomic E-state index is 12.5. The van der Waals surface area contributed by atoms with E-state index >= 15 is 0 Å². The van der Waals surface area contributed by atoms with Gasteiger partial charge in [0, 0.05) is 18.1 Å². The van der Waals surface area contributed by atoms with Crippen LogP contribution in [0.5, 0.6) is 0 Å². The van der Waals surface area contributed by atoms with Gasteiger partial charge >= 0.3 is 0 Å². The number of rotatable bonds is 6. The molecule has 0 bridgehead atoms. The number of aryl methyl sites for hydroxylation is 1. The molecule has 2 heterocycles. The summed E-state index contributed by atoms with van der Waals surface area (Å²) in [6.45, 7) is 5.15. The van der Waals surface area contributed by atoms with Crippen molar-refractivity contribution < 1.29 is 9.32 Å². The third kappa shape index (κ3) is 3.41. The Morgan fingerprint density at radius 2 is 2.37 bits per heavy atom. The summed E-state index contributed by atoms with van der Waals surface area (Å²) in [7, 11) is 0. The van der Waals surface area contributed by atoms with Crippen molar-refractivity contribution in [2.45, 2.75) is 33.2 Å². The van der Waals surface area contributed by atoms with Gasteiger partial charge in [-0.05, 0) is 13.3 Å². The number of carbonyl (C=O) groups excluding carboxylic acids is 1. The van der Waals surface area contributed by atoms with Crippen LogP contribution in [0.4, 0.5) is 0 Å². The van der Waals surface area contributed by atoms with Gasteiger partial charge in [-0.15, -0.1) is 11.3 Å². The molecule has 1 amide bonds. The monoisotopic (exact) mass is 279 g/mol. The van der Waals surface area contributed by atoms with E-state index in [1.165, 1.54) is 6.26 Å². The first-order valence-corrected chi connectivity index (χ1v) is 7.19. The van der Waals surface area contributed by atoms with E-state index in [9.17, 15) is 4.79 Å². The quantitative estimate of drug-likeness (QED) is 0.815. The molecule has 0 N–H and O–H groups in total. The molecule has 2 rings (SSSR count). The molecule has 0 unspecified atom stereocenters. The zero-order chi connectivity index (χ0) is 13.7. The molecule has 6 heteroatoms. The standard InChI is InChI=1S/C13H17N3O2S/c1-3-4-6-16(8-12-14-5-7-19-12)13(17)11-9-18-15-10(11)2/h5,7,9H,3-4,6,8H2,1-2H3. The summed E-state index contributed by atoms with van der Waals surface area (Å²) in [4.78, 5) is 18.5. The highest BCUT2D eigenvalue weighted by Gasteiger charge is 2.20. The van der Waals surface area contributed by atoms with Crippen molar-refractivity contribution in [3.05, 3.63) is 34.1 Å². The Morgan fingerprint density at radius 3 is 2.95 bits per heavy atom.